The molecule has 3 amide bonds. The number of nitrogens with zero attached hydrogens (tertiary/aromatic N) is 1. The number of hydrogen-bond donors (Lipinski definition) is 2. The fourth-order valence-corrected chi connectivity index (χ4v) is 3.91. The Bertz CT molecular complexity index is 899. The lowest BCUT2D eigenvalue weighted by Crippen LogP contribution is -2.55. The van der Waals surface area contributed by atoms with Gasteiger partial charge in [0, 0.05) is 18.7 Å². The third kappa shape index (κ3) is 10.9. The molecule has 206 valence electrons. The van der Waals surface area contributed by atoms with Gasteiger partial charge in [0.2, 0.25) is 11.8 Å². The maximum absolute atomic E-state index is 14.2. The standard InChI is InChI=1S/C30H47N3O4/c1-9-13-15-21-33(28(35)25(22(5)11-3)32-29(36)37-30(6,7)8)26(27(34)31-20-14-10-2)24-18-16-23(12-4)17-19-24/h4,16-19,22,25-26H,9-11,13-15,20-21H2,1-3,5-8H3,(H,31,34)(H,32,36). The second-order valence-electron chi connectivity index (χ2n) is 10.6. The first-order valence-corrected chi connectivity index (χ1v) is 13.6. The van der Waals surface area contributed by atoms with Gasteiger partial charge in [-0.3, -0.25) is 9.59 Å². The van der Waals surface area contributed by atoms with E-state index in [0.717, 1.165) is 32.1 Å². The molecule has 3 unspecified atom stereocenters. The van der Waals surface area contributed by atoms with Crippen LogP contribution in [-0.2, 0) is 14.3 Å². The first-order valence-electron chi connectivity index (χ1n) is 13.6. The van der Waals surface area contributed by atoms with Gasteiger partial charge >= 0.3 is 6.09 Å². The summed E-state index contributed by atoms with van der Waals surface area (Å²) < 4.78 is 5.46. The molecule has 0 aliphatic carbocycles. The van der Waals surface area contributed by atoms with Gasteiger partial charge in [0.25, 0.3) is 0 Å². The molecule has 1 aromatic rings. The minimum Gasteiger partial charge on any atom is -0.444 e. The number of alkyl carbamates (subject to hydrolysis) is 1. The van der Waals surface area contributed by atoms with Crippen molar-refractivity contribution in [2.75, 3.05) is 13.1 Å². The van der Waals surface area contributed by atoms with Gasteiger partial charge in [0.1, 0.15) is 17.7 Å². The van der Waals surface area contributed by atoms with Crippen LogP contribution in [0.15, 0.2) is 24.3 Å². The highest BCUT2D eigenvalue weighted by atomic mass is 16.6. The zero-order valence-corrected chi connectivity index (χ0v) is 23.9. The molecule has 37 heavy (non-hydrogen) atoms. The third-order valence-corrected chi connectivity index (χ3v) is 6.22. The number of rotatable bonds is 14. The number of carbonyl (C=O) groups excluding carboxylic acids is 3. The summed E-state index contributed by atoms with van der Waals surface area (Å²) in [6, 6.07) is 5.48. The number of ether oxygens (including phenoxy) is 1. The van der Waals surface area contributed by atoms with Crippen molar-refractivity contribution in [3.63, 3.8) is 0 Å². The van der Waals surface area contributed by atoms with Crippen LogP contribution in [0.3, 0.4) is 0 Å². The summed E-state index contributed by atoms with van der Waals surface area (Å²) in [6.07, 6.45) is 9.96. The van der Waals surface area contributed by atoms with E-state index in [4.69, 9.17) is 11.2 Å². The zero-order chi connectivity index (χ0) is 28.0. The first kappa shape index (κ1) is 32.0. The van der Waals surface area contributed by atoms with E-state index >= 15 is 0 Å². The molecule has 0 saturated heterocycles. The number of unbranched alkanes of at least 4 members (excludes halogenated alkanes) is 3. The summed E-state index contributed by atoms with van der Waals surface area (Å²) >= 11 is 0. The predicted octanol–water partition coefficient (Wildman–Crippen LogP) is 5.58. The fourth-order valence-electron chi connectivity index (χ4n) is 3.91. The molecule has 0 saturated carbocycles. The van der Waals surface area contributed by atoms with E-state index in [1.54, 1.807) is 49.9 Å². The highest BCUT2D eigenvalue weighted by molar-refractivity contribution is 5.92. The zero-order valence-electron chi connectivity index (χ0n) is 23.9. The number of hydrogen-bond acceptors (Lipinski definition) is 4. The Morgan fingerprint density at radius 1 is 1.03 bits per heavy atom. The Labute approximate surface area is 224 Å². The Morgan fingerprint density at radius 3 is 2.16 bits per heavy atom. The smallest absolute Gasteiger partial charge is 0.408 e. The lowest BCUT2D eigenvalue weighted by atomic mass is 9.95. The van der Waals surface area contributed by atoms with E-state index in [2.05, 4.69) is 30.4 Å². The van der Waals surface area contributed by atoms with Crippen LogP contribution in [-0.4, -0.2) is 47.5 Å². The summed E-state index contributed by atoms with van der Waals surface area (Å²) in [5, 5.41) is 5.81. The molecule has 0 bridgehead atoms. The molecule has 3 atom stereocenters. The summed E-state index contributed by atoms with van der Waals surface area (Å²) in [4.78, 5) is 42.0. The van der Waals surface area contributed by atoms with Crippen LogP contribution in [0.2, 0.25) is 0 Å². The molecular weight excluding hydrogens is 466 g/mol. The molecule has 0 aliphatic heterocycles. The van der Waals surface area contributed by atoms with Gasteiger partial charge in [-0.25, -0.2) is 4.79 Å². The summed E-state index contributed by atoms with van der Waals surface area (Å²) in [6.45, 7) is 14.3. The van der Waals surface area contributed by atoms with Crippen molar-refractivity contribution in [3.8, 4) is 12.3 Å². The lowest BCUT2D eigenvalue weighted by Gasteiger charge is -2.36. The molecule has 0 aliphatic rings. The predicted molar refractivity (Wildman–Crippen MR) is 149 cm³/mol. The molecule has 0 fully saturated rings. The summed E-state index contributed by atoms with van der Waals surface area (Å²) in [5.41, 5.74) is 0.675. The van der Waals surface area contributed by atoms with Crippen LogP contribution in [0.1, 0.15) is 104 Å². The largest absolute Gasteiger partial charge is 0.444 e. The van der Waals surface area contributed by atoms with Crippen LogP contribution in [0.5, 0.6) is 0 Å². The van der Waals surface area contributed by atoms with Gasteiger partial charge in [-0.1, -0.05) is 71.4 Å². The third-order valence-electron chi connectivity index (χ3n) is 6.22. The van der Waals surface area contributed by atoms with Crippen molar-refractivity contribution >= 4 is 17.9 Å². The van der Waals surface area contributed by atoms with Gasteiger partial charge in [-0.05, 0) is 57.2 Å². The van der Waals surface area contributed by atoms with Crippen LogP contribution < -0.4 is 10.6 Å². The van der Waals surface area contributed by atoms with E-state index in [9.17, 15) is 14.4 Å². The van der Waals surface area contributed by atoms with Gasteiger partial charge in [-0.15, -0.1) is 6.42 Å². The number of terminal acetylenes is 1. The van der Waals surface area contributed by atoms with Crippen LogP contribution >= 0.6 is 0 Å². The van der Waals surface area contributed by atoms with Crippen molar-refractivity contribution in [3.05, 3.63) is 35.4 Å². The quantitative estimate of drug-likeness (QED) is 0.251. The monoisotopic (exact) mass is 513 g/mol. The number of carbonyl (C=O) groups is 3. The Hall–Kier alpha value is -3.01. The first-order chi connectivity index (χ1) is 17.5. The fraction of sp³-hybridized carbons (Fsp3) is 0.633. The van der Waals surface area contributed by atoms with Crippen molar-refractivity contribution in [2.24, 2.45) is 5.92 Å². The SMILES string of the molecule is C#Cc1ccc(C(C(=O)NCCCC)N(CCCCC)C(=O)C(NC(=O)OC(C)(C)C)C(C)CC)cc1. The van der Waals surface area contributed by atoms with E-state index in [1.165, 1.54) is 0 Å². The molecular formula is C30H47N3O4. The molecule has 1 aromatic carbocycles. The summed E-state index contributed by atoms with van der Waals surface area (Å²) in [5.74, 6) is 1.89. The van der Waals surface area contributed by atoms with Gasteiger partial charge in [0.15, 0.2) is 0 Å². The number of amides is 3. The van der Waals surface area contributed by atoms with Crippen LogP contribution in [0, 0.1) is 18.3 Å². The average molecular weight is 514 g/mol. The molecule has 7 nitrogen and oxygen atoms in total. The lowest BCUT2D eigenvalue weighted by molar-refractivity contribution is -0.143. The maximum Gasteiger partial charge on any atom is 0.408 e. The number of nitrogens with one attached hydrogen (secondary N) is 2. The number of benzene rings is 1. The van der Waals surface area contributed by atoms with Gasteiger partial charge in [0.05, 0.1) is 0 Å². The summed E-state index contributed by atoms with van der Waals surface area (Å²) in [7, 11) is 0. The van der Waals surface area contributed by atoms with Crippen molar-refractivity contribution in [2.45, 2.75) is 105 Å². The van der Waals surface area contributed by atoms with Crippen molar-refractivity contribution in [1.82, 2.24) is 15.5 Å². The normalized spacial score (nSPS) is 13.6. The Morgan fingerprint density at radius 2 is 1.65 bits per heavy atom. The minimum atomic E-state index is -0.847. The second-order valence-corrected chi connectivity index (χ2v) is 10.6. The van der Waals surface area contributed by atoms with Crippen LogP contribution in [0.4, 0.5) is 4.79 Å². The Balaban J connectivity index is 3.49. The van der Waals surface area contributed by atoms with Gasteiger partial charge < -0.3 is 20.3 Å². The molecule has 7 heteroatoms. The van der Waals surface area contributed by atoms with E-state index < -0.39 is 23.8 Å². The second kappa shape index (κ2) is 16.0. The maximum atomic E-state index is 14.2. The minimum absolute atomic E-state index is 0.165. The van der Waals surface area contributed by atoms with Crippen LogP contribution in [0.25, 0.3) is 0 Å². The van der Waals surface area contributed by atoms with E-state index in [0.29, 0.717) is 30.6 Å². The molecule has 0 spiro atoms. The molecule has 0 heterocycles. The van der Waals surface area contributed by atoms with Gasteiger partial charge in [-0.2, -0.15) is 0 Å². The molecule has 0 aromatic heterocycles. The highest BCUT2D eigenvalue weighted by Crippen LogP contribution is 2.26. The average Bonchev–Trinajstić information content (AvgIpc) is 2.85. The molecule has 2 N–H and O–H groups in total. The Kier molecular flexibility index (Phi) is 13.8. The molecule has 1 rings (SSSR count). The van der Waals surface area contributed by atoms with Crippen molar-refractivity contribution in [1.29, 1.82) is 0 Å². The van der Waals surface area contributed by atoms with E-state index in [-0.39, 0.29) is 17.7 Å². The topological polar surface area (TPSA) is 87.7 Å². The highest BCUT2D eigenvalue weighted by Gasteiger charge is 2.37. The molecule has 0 radical (unpaired) electrons. The van der Waals surface area contributed by atoms with Crippen molar-refractivity contribution < 1.29 is 19.1 Å². The van der Waals surface area contributed by atoms with E-state index in [1.807, 2.05) is 13.8 Å².